The number of hydrogen-bond acceptors (Lipinski definition) is 3. The van der Waals surface area contributed by atoms with Crippen molar-refractivity contribution in [2.24, 2.45) is 0 Å². The molecule has 2 heterocycles. The predicted octanol–water partition coefficient (Wildman–Crippen LogP) is 1.97. The maximum atomic E-state index is 13.3. The Labute approximate surface area is 126 Å². The Balaban J connectivity index is 1.82. The number of benzene rings is 1. The van der Waals surface area contributed by atoms with E-state index < -0.39 is 11.4 Å². The predicted molar refractivity (Wildman–Crippen MR) is 80.5 cm³/mol. The average molecular weight is 304 g/mol. The van der Waals surface area contributed by atoms with Crippen molar-refractivity contribution in [2.75, 3.05) is 13.2 Å². The van der Waals surface area contributed by atoms with Crippen molar-refractivity contribution in [1.29, 1.82) is 0 Å². The van der Waals surface area contributed by atoms with Gasteiger partial charge < -0.3 is 15.0 Å². The van der Waals surface area contributed by atoms with Gasteiger partial charge in [-0.25, -0.2) is 4.39 Å². The zero-order valence-corrected chi connectivity index (χ0v) is 12.0. The van der Waals surface area contributed by atoms with Crippen LogP contribution in [0.5, 0.6) is 0 Å². The van der Waals surface area contributed by atoms with Gasteiger partial charge in [0.1, 0.15) is 5.82 Å². The first kappa shape index (κ1) is 14.7. The number of ether oxygens (including phenoxy) is 1. The topological polar surface area (TPSA) is 71.2 Å². The quantitative estimate of drug-likeness (QED) is 0.910. The Morgan fingerprint density at radius 2 is 2.23 bits per heavy atom. The fourth-order valence-corrected chi connectivity index (χ4v) is 2.69. The fourth-order valence-electron chi connectivity index (χ4n) is 2.69. The molecule has 2 N–H and O–H groups in total. The molecule has 2 aromatic rings. The zero-order valence-electron chi connectivity index (χ0n) is 12.0. The standard InChI is InChI=1S/C16H17FN2O3/c17-10-4-5-12-13(8-15(20)19-14(12)7-10)16(21)18-9-11-3-1-2-6-22-11/h4-5,7-8,11H,1-3,6,9H2,(H,18,21)(H,19,20)/t11-/m0/s1. The number of pyridine rings is 1. The summed E-state index contributed by atoms with van der Waals surface area (Å²) in [6.45, 7) is 1.13. The molecule has 0 spiro atoms. The second-order valence-corrected chi connectivity index (χ2v) is 5.44. The van der Waals surface area contributed by atoms with Crippen LogP contribution in [0.25, 0.3) is 10.9 Å². The highest BCUT2D eigenvalue weighted by Crippen LogP contribution is 2.17. The number of fused-ring (bicyclic) bond motifs is 1. The second-order valence-electron chi connectivity index (χ2n) is 5.44. The first-order valence-electron chi connectivity index (χ1n) is 7.36. The number of halogens is 1. The van der Waals surface area contributed by atoms with Crippen LogP contribution in [-0.2, 0) is 4.74 Å². The van der Waals surface area contributed by atoms with Crippen LogP contribution in [0.1, 0.15) is 29.6 Å². The highest BCUT2D eigenvalue weighted by atomic mass is 19.1. The third-order valence-electron chi connectivity index (χ3n) is 3.81. The Hall–Kier alpha value is -2.21. The molecule has 1 aromatic carbocycles. The highest BCUT2D eigenvalue weighted by molar-refractivity contribution is 6.05. The summed E-state index contributed by atoms with van der Waals surface area (Å²) >= 11 is 0. The number of carbonyl (C=O) groups is 1. The molecule has 1 aliphatic heterocycles. The van der Waals surface area contributed by atoms with Gasteiger partial charge >= 0.3 is 0 Å². The van der Waals surface area contributed by atoms with Crippen LogP contribution in [0.2, 0.25) is 0 Å². The normalized spacial score (nSPS) is 18.3. The third kappa shape index (κ3) is 3.17. The lowest BCUT2D eigenvalue weighted by molar-refractivity contribution is 0.0169. The summed E-state index contributed by atoms with van der Waals surface area (Å²) in [5, 5.41) is 3.31. The molecular weight excluding hydrogens is 287 g/mol. The van der Waals surface area contributed by atoms with E-state index in [2.05, 4.69) is 10.3 Å². The Bertz CT molecular complexity index is 751. The molecule has 0 aliphatic carbocycles. The van der Waals surface area contributed by atoms with Crippen LogP contribution >= 0.6 is 0 Å². The van der Waals surface area contributed by atoms with Gasteiger partial charge in [0, 0.05) is 24.6 Å². The van der Waals surface area contributed by atoms with E-state index in [4.69, 9.17) is 4.74 Å². The second kappa shape index (κ2) is 6.27. The molecule has 0 radical (unpaired) electrons. The van der Waals surface area contributed by atoms with Gasteiger partial charge in [-0.05, 0) is 37.5 Å². The molecule has 5 nitrogen and oxygen atoms in total. The number of rotatable bonds is 3. The molecule has 116 valence electrons. The summed E-state index contributed by atoms with van der Waals surface area (Å²) < 4.78 is 18.8. The van der Waals surface area contributed by atoms with E-state index in [1.54, 1.807) is 0 Å². The SMILES string of the molecule is O=C(NC[C@@H]1CCCCO1)c1cc(=O)[nH]c2cc(F)ccc12. The lowest BCUT2D eigenvalue weighted by Gasteiger charge is -2.22. The van der Waals surface area contributed by atoms with Crippen LogP contribution in [0.3, 0.4) is 0 Å². The number of amides is 1. The van der Waals surface area contributed by atoms with Gasteiger partial charge in [-0.1, -0.05) is 0 Å². The monoisotopic (exact) mass is 304 g/mol. The largest absolute Gasteiger partial charge is 0.376 e. The van der Waals surface area contributed by atoms with Crippen LogP contribution in [0.4, 0.5) is 4.39 Å². The minimum atomic E-state index is -0.462. The van der Waals surface area contributed by atoms with Gasteiger partial charge in [0.2, 0.25) is 5.56 Å². The van der Waals surface area contributed by atoms with Crippen molar-refractivity contribution in [1.82, 2.24) is 10.3 Å². The Kier molecular flexibility index (Phi) is 4.20. The van der Waals surface area contributed by atoms with Gasteiger partial charge in [0.05, 0.1) is 17.2 Å². The van der Waals surface area contributed by atoms with Gasteiger partial charge in [-0.2, -0.15) is 0 Å². The average Bonchev–Trinajstić information content (AvgIpc) is 2.52. The first-order chi connectivity index (χ1) is 10.6. The molecule has 0 bridgehead atoms. The summed E-state index contributed by atoms with van der Waals surface area (Å²) in [5.41, 5.74) is 0.123. The Morgan fingerprint density at radius 3 is 3.00 bits per heavy atom. The first-order valence-corrected chi connectivity index (χ1v) is 7.36. The summed E-state index contributed by atoms with van der Waals surface area (Å²) in [7, 11) is 0. The van der Waals surface area contributed by atoms with Gasteiger partial charge in [-0.15, -0.1) is 0 Å². The van der Waals surface area contributed by atoms with Crippen LogP contribution < -0.4 is 10.9 Å². The number of aromatic amines is 1. The van der Waals surface area contributed by atoms with E-state index in [1.165, 1.54) is 24.3 Å². The van der Waals surface area contributed by atoms with Crippen molar-refractivity contribution < 1.29 is 13.9 Å². The molecular formula is C16H17FN2O3. The zero-order chi connectivity index (χ0) is 15.5. The van der Waals surface area contributed by atoms with Crippen LogP contribution in [0, 0.1) is 5.82 Å². The molecule has 1 amide bonds. The molecule has 1 saturated heterocycles. The fraction of sp³-hybridized carbons (Fsp3) is 0.375. The van der Waals surface area contributed by atoms with E-state index in [1.807, 2.05) is 0 Å². The lowest BCUT2D eigenvalue weighted by atomic mass is 10.1. The number of carbonyl (C=O) groups excluding carboxylic acids is 1. The van der Waals surface area contributed by atoms with Crippen molar-refractivity contribution >= 4 is 16.8 Å². The van der Waals surface area contributed by atoms with E-state index >= 15 is 0 Å². The summed E-state index contributed by atoms with van der Waals surface area (Å²) in [6.07, 6.45) is 3.08. The van der Waals surface area contributed by atoms with Gasteiger partial charge in [-0.3, -0.25) is 9.59 Å². The lowest BCUT2D eigenvalue weighted by Crippen LogP contribution is -2.35. The minimum Gasteiger partial charge on any atom is -0.376 e. The molecule has 1 fully saturated rings. The number of hydrogen-bond donors (Lipinski definition) is 2. The van der Waals surface area contributed by atoms with Crippen LogP contribution in [0.15, 0.2) is 29.1 Å². The van der Waals surface area contributed by atoms with Crippen molar-refractivity contribution in [3.05, 3.63) is 46.0 Å². The van der Waals surface area contributed by atoms with Crippen molar-refractivity contribution in [3.8, 4) is 0 Å². The summed E-state index contributed by atoms with van der Waals surface area (Å²) in [4.78, 5) is 26.5. The maximum absolute atomic E-state index is 13.3. The molecule has 3 rings (SSSR count). The summed E-state index contributed by atoms with van der Waals surface area (Å²) in [6, 6.07) is 5.20. The van der Waals surface area contributed by atoms with Gasteiger partial charge in [0.25, 0.3) is 5.91 Å². The maximum Gasteiger partial charge on any atom is 0.252 e. The van der Waals surface area contributed by atoms with E-state index in [9.17, 15) is 14.0 Å². The highest BCUT2D eigenvalue weighted by Gasteiger charge is 2.17. The molecule has 1 aliphatic rings. The van der Waals surface area contributed by atoms with Crippen molar-refractivity contribution in [2.45, 2.75) is 25.4 Å². The molecule has 0 unspecified atom stereocenters. The third-order valence-corrected chi connectivity index (χ3v) is 3.81. The van der Waals surface area contributed by atoms with Crippen LogP contribution in [-0.4, -0.2) is 30.1 Å². The van der Waals surface area contributed by atoms with Gasteiger partial charge in [0.15, 0.2) is 0 Å². The summed E-state index contributed by atoms with van der Waals surface area (Å²) in [5.74, 6) is -0.812. The smallest absolute Gasteiger partial charge is 0.252 e. The van der Waals surface area contributed by atoms with E-state index in [0.29, 0.717) is 24.1 Å². The molecule has 6 heteroatoms. The van der Waals surface area contributed by atoms with E-state index in [-0.39, 0.29) is 17.6 Å². The van der Waals surface area contributed by atoms with Crippen molar-refractivity contribution in [3.63, 3.8) is 0 Å². The number of aromatic nitrogens is 1. The molecule has 1 atom stereocenters. The Morgan fingerprint density at radius 1 is 1.36 bits per heavy atom. The molecule has 0 saturated carbocycles. The molecule has 22 heavy (non-hydrogen) atoms. The number of nitrogens with one attached hydrogen (secondary N) is 2. The molecule has 1 aromatic heterocycles. The number of H-pyrrole nitrogens is 1. The minimum absolute atomic E-state index is 0.0170. The van der Waals surface area contributed by atoms with E-state index in [0.717, 1.165) is 19.3 Å².